The van der Waals surface area contributed by atoms with Gasteiger partial charge in [0.05, 0.1) is 22.4 Å². The van der Waals surface area contributed by atoms with Crippen molar-refractivity contribution in [2.24, 2.45) is 0 Å². The quantitative estimate of drug-likeness (QED) is 0.402. The highest BCUT2D eigenvalue weighted by Gasteiger charge is 2.36. The normalized spacial score (nSPS) is 12.6. The Morgan fingerprint density at radius 3 is 2.06 bits per heavy atom. The van der Waals surface area contributed by atoms with Crippen LogP contribution in [0.5, 0.6) is 5.75 Å². The molecule has 0 unspecified atom stereocenters. The Bertz CT molecular complexity index is 1220. The molecule has 0 heterocycles. The van der Waals surface area contributed by atoms with Gasteiger partial charge in [-0.1, -0.05) is 29.8 Å². The molecule has 0 saturated heterocycles. The monoisotopic (exact) mass is 414 g/mol. The molecule has 0 saturated carbocycles. The molecule has 1 aliphatic rings. The molecule has 31 heavy (non-hydrogen) atoms. The zero-order valence-electron chi connectivity index (χ0n) is 18.4. The molecule has 0 atom stereocenters. The third-order valence-corrected chi connectivity index (χ3v) is 5.55. The number of aryl methyl sites for hydroxylation is 3. The zero-order valence-corrected chi connectivity index (χ0v) is 18.4. The van der Waals surface area contributed by atoms with Crippen LogP contribution in [0.4, 0.5) is 17.1 Å². The molecule has 4 rings (SSSR count). The van der Waals surface area contributed by atoms with Gasteiger partial charge in [0.2, 0.25) is 0 Å². The summed E-state index contributed by atoms with van der Waals surface area (Å²) in [4.78, 5) is 27.0. The lowest BCUT2D eigenvalue weighted by atomic mass is 9.81. The standard InChI is InChI=1S/C26H26N2O3/c1-13(2)27-18-9-10-19(28-24-15(4)11-14(3)12-16(24)5)23-22(18)25(30)17-7-6-8-20(29)21(17)26(23)31/h6-13,27-29H,1-5H3. The van der Waals surface area contributed by atoms with Crippen molar-refractivity contribution in [1.82, 2.24) is 0 Å². The minimum Gasteiger partial charge on any atom is -0.507 e. The van der Waals surface area contributed by atoms with Crippen LogP contribution in [-0.4, -0.2) is 22.7 Å². The smallest absolute Gasteiger partial charge is 0.200 e. The number of benzene rings is 3. The summed E-state index contributed by atoms with van der Waals surface area (Å²) in [5, 5.41) is 17.1. The van der Waals surface area contributed by atoms with Gasteiger partial charge >= 0.3 is 0 Å². The maximum Gasteiger partial charge on any atom is 0.200 e. The van der Waals surface area contributed by atoms with Gasteiger partial charge in [0.1, 0.15) is 5.75 Å². The Balaban J connectivity index is 1.95. The molecule has 3 N–H and O–H groups in total. The number of carbonyl (C=O) groups excluding carboxylic acids is 2. The first kappa shape index (κ1) is 20.7. The molecule has 0 aromatic heterocycles. The molecule has 5 heteroatoms. The number of nitrogens with one attached hydrogen (secondary N) is 2. The molecule has 1 aliphatic carbocycles. The van der Waals surface area contributed by atoms with Crippen molar-refractivity contribution in [3.63, 3.8) is 0 Å². The number of fused-ring (bicyclic) bond motifs is 2. The van der Waals surface area contributed by atoms with Crippen molar-refractivity contribution in [1.29, 1.82) is 0 Å². The van der Waals surface area contributed by atoms with Crippen molar-refractivity contribution in [2.45, 2.75) is 40.7 Å². The van der Waals surface area contributed by atoms with Gasteiger partial charge in [-0.15, -0.1) is 0 Å². The van der Waals surface area contributed by atoms with Gasteiger partial charge in [0, 0.05) is 23.0 Å². The van der Waals surface area contributed by atoms with E-state index in [-0.39, 0.29) is 40.0 Å². The summed E-state index contributed by atoms with van der Waals surface area (Å²) in [5.41, 5.74) is 6.22. The van der Waals surface area contributed by atoms with E-state index in [1.165, 1.54) is 6.07 Å². The van der Waals surface area contributed by atoms with Gasteiger partial charge in [-0.25, -0.2) is 0 Å². The van der Waals surface area contributed by atoms with Gasteiger partial charge in [-0.3, -0.25) is 9.59 Å². The SMILES string of the molecule is Cc1cc(C)c(Nc2ccc(NC(C)C)c3c2C(=O)c2c(O)cccc2C3=O)c(C)c1. The van der Waals surface area contributed by atoms with E-state index in [2.05, 4.69) is 22.8 Å². The molecule has 0 radical (unpaired) electrons. The van der Waals surface area contributed by atoms with E-state index in [9.17, 15) is 14.7 Å². The maximum atomic E-state index is 13.6. The molecule has 0 aliphatic heterocycles. The van der Waals surface area contributed by atoms with Crippen molar-refractivity contribution >= 4 is 28.6 Å². The zero-order chi connectivity index (χ0) is 22.4. The molecule has 3 aromatic rings. The number of anilines is 3. The van der Waals surface area contributed by atoms with E-state index < -0.39 is 0 Å². The molecular weight excluding hydrogens is 388 g/mol. The highest BCUT2D eigenvalue weighted by atomic mass is 16.3. The van der Waals surface area contributed by atoms with Gasteiger partial charge < -0.3 is 15.7 Å². The number of hydrogen-bond donors (Lipinski definition) is 3. The number of aromatic hydroxyl groups is 1. The highest BCUT2D eigenvalue weighted by molar-refractivity contribution is 6.32. The van der Waals surface area contributed by atoms with Gasteiger partial charge in [-0.2, -0.15) is 0 Å². The molecule has 0 amide bonds. The van der Waals surface area contributed by atoms with E-state index in [4.69, 9.17) is 0 Å². The first-order chi connectivity index (χ1) is 14.7. The van der Waals surface area contributed by atoms with Crippen LogP contribution in [0.2, 0.25) is 0 Å². The van der Waals surface area contributed by atoms with Gasteiger partial charge in [0.15, 0.2) is 11.6 Å². The summed E-state index contributed by atoms with van der Waals surface area (Å²) in [6.07, 6.45) is 0. The Morgan fingerprint density at radius 2 is 1.42 bits per heavy atom. The number of carbonyl (C=O) groups is 2. The Labute approximate surface area is 182 Å². The first-order valence-corrected chi connectivity index (χ1v) is 10.4. The first-order valence-electron chi connectivity index (χ1n) is 10.4. The van der Waals surface area contributed by atoms with Crippen LogP contribution in [0.3, 0.4) is 0 Å². The van der Waals surface area contributed by atoms with E-state index in [1.807, 2.05) is 46.8 Å². The van der Waals surface area contributed by atoms with Crippen LogP contribution < -0.4 is 10.6 Å². The second-order valence-corrected chi connectivity index (χ2v) is 8.47. The average Bonchev–Trinajstić information content (AvgIpc) is 2.68. The second kappa shape index (κ2) is 7.58. The third-order valence-electron chi connectivity index (χ3n) is 5.55. The second-order valence-electron chi connectivity index (χ2n) is 8.47. The van der Waals surface area contributed by atoms with E-state index in [0.29, 0.717) is 16.9 Å². The molecule has 158 valence electrons. The number of rotatable bonds is 4. The number of ketones is 2. The summed E-state index contributed by atoms with van der Waals surface area (Å²) in [6, 6.07) is 12.5. The predicted molar refractivity (Wildman–Crippen MR) is 124 cm³/mol. The van der Waals surface area contributed by atoms with Gasteiger partial charge in [0.25, 0.3) is 0 Å². The predicted octanol–water partition coefficient (Wildman–Crippen LogP) is 5.66. The summed E-state index contributed by atoms with van der Waals surface area (Å²) >= 11 is 0. The van der Waals surface area contributed by atoms with Crippen molar-refractivity contribution in [3.05, 3.63) is 81.4 Å². The summed E-state index contributed by atoms with van der Waals surface area (Å²) in [7, 11) is 0. The van der Waals surface area contributed by atoms with Crippen LogP contribution in [0, 0.1) is 20.8 Å². The lowest BCUT2D eigenvalue weighted by Gasteiger charge is -2.26. The lowest BCUT2D eigenvalue weighted by Crippen LogP contribution is -2.25. The number of phenolic OH excluding ortho intramolecular Hbond substituents is 1. The minimum absolute atomic E-state index is 0.0575. The molecular formula is C26H26N2O3. The van der Waals surface area contributed by atoms with E-state index >= 15 is 0 Å². The number of hydrogen-bond acceptors (Lipinski definition) is 5. The molecule has 3 aromatic carbocycles. The summed E-state index contributed by atoms with van der Waals surface area (Å²) in [5.74, 6) is -0.818. The number of phenols is 1. The van der Waals surface area contributed by atoms with Crippen LogP contribution in [0.15, 0.2) is 42.5 Å². The highest BCUT2D eigenvalue weighted by Crippen LogP contribution is 2.41. The van der Waals surface area contributed by atoms with Crippen LogP contribution in [-0.2, 0) is 0 Å². The van der Waals surface area contributed by atoms with E-state index in [0.717, 1.165) is 22.4 Å². The molecule has 0 bridgehead atoms. The van der Waals surface area contributed by atoms with Crippen molar-refractivity contribution in [3.8, 4) is 5.75 Å². The third kappa shape index (κ3) is 3.46. The fourth-order valence-electron chi connectivity index (χ4n) is 4.35. The Hall–Kier alpha value is -3.60. The summed E-state index contributed by atoms with van der Waals surface area (Å²) in [6.45, 7) is 10.0. The molecule has 0 spiro atoms. The Morgan fingerprint density at radius 1 is 0.806 bits per heavy atom. The van der Waals surface area contributed by atoms with E-state index in [1.54, 1.807) is 12.1 Å². The van der Waals surface area contributed by atoms with Crippen LogP contribution in [0.1, 0.15) is 62.4 Å². The van der Waals surface area contributed by atoms with Crippen LogP contribution >= 0.6 is 0 Å². The topological polar surface area (TPSA) is 78.4 Å². The van der Waals surface area contributed by atoms with Crippen molar-refractivity contribution in [2.75, 3.05) is 10.6 Å². The molecule has 0 fully saturated rings. The Kier molecular flexibility index (Phi) is 5.05. The lowest BCUT2D eigenvalue weighted by molar-refractivity contribution is 0.0978. The molecule has 5 nitrogen and oxygen atoms in total. The minimum atomic E-state index is -0.361. The summed E-state index contributed by atoms with van der Waals surface area (Å²) < 4.78 is 0. The fourth-order valence-corrected chi connectivity index (χ4v) is 4.35. The average molecular weight is 415 g/mol. The van der Waals surface area contributed by atoms with Crippen LogP contribution in [0.25, 0.3) is 0 Å². The maximum absolute atomic E-state index is 13.6. The van der Waals surface area contributed by atoms with Gasteiger partial charge in [-0.05, 0) is 63.9 Å². The van der Waals surface area contributed by atoms with Crippen molar-refractivity contribution < 1.29 is 14.7 Å². The largest absolute Gasteiger partial charge is 0.507 e. The fraction of sp³-hybridized carbons (Fsp3) is 0.231.